The number of hydrogen-bond acceptors (Lipinski definition) is 8. The molecule has 2 unspecified atom stereocenters. The number of nitriles is 1. The van der Waals surface area contributed by atoms with Crippen LogP contribution in [0.1, 0.15) is 23.3 Å². The van der Waals surface area contributed by atoms with E-state index in [-0.39, 0.29) is 11.6 Å². The summed E-state index contributed by atoms with van der Waals surface area (Å²) in [5.74, 6) is 1.83. The lowest BCUT2D eigenvalue weighted by atomic mass is 9.86. The number of hydrogen-bond donors (Lipinski definition) is 2. The van der Waals surface area contributed by atoms with Gasteiger partial charge in [-0.25, -0.2) is 19.3 Å². The number of benzene rings is 1. The lowest BCUT2D eigenvalue weighted by molar-refractivity contribution is -0.00921. The number of H-pyrrole nitrogens is 1. The summed E-state index contributed by atoms with van der Waals surface area (Å²) in [6.07, 6.45) is 6.10. The van der Waals surface area contributed by atoms with Crippen molar-refractivity contribution in [3.05, 3.63) is 77.7 Å². The molecular formula is C29H24FN7O2. The first kappa shape index (κ1) is 23.4. The highest BCUT2D eigenvalue weighted by Crippen LogP contribution is 2.38. The number of pyridine rings is 2. The number of halogens is 1. The molecule has 0 saturated carbocycles. The molecule has 0 spiro atoms. The van der Waals surface area contributed by atoms with Crippen LogP contribution in [0, 0.1) is 24.1 Å². The average molecular weight is 522 g/mol. The first-order chi connectivity index (χ1) is 19.0. The van der Waals surface area contributed by atoms with Gasteiger partial charge in [-0.1, -0.05) is 0 Å². The Morgan fingerprint density at radius 3 is 2.67 bits per heavy atom. The van der Waals surface area contributed by atoms with Gasteiger partial charge in [-0.05, 0) is 49.7 Å². The van der Waals surface area contributed by atoms with Crippen LogP contribution in [0.15, 0.2) is 59.4 Å². The van der Waals surface area contributed by atoms with Gasteiger partial charge in [0.15, 0.2) is 0 Å². The SMILES string of the molecule is Cc1cnc(-c2cc3c(-c4ccc(N5CC6CC(C5)N6Cc5cc(F)ccc5O)nc4)c(C#N)cnc3[nH]2)o1. The van der Waals surface area contributed by atoms with Crippen LogP contribution < -0.4 is 4.90 Å². The van der Waals surface area contributed by atoms with E-state index in [1.54, 1.807) is 18.6 Å². The van der Waals surface area contributed by atoms with Crippen molar-refractivity contribution in [3.8, 4) is 34.5 Å². The number of aromatic hydroxyl groups is 1. The fourth-order valence-electron chi connectivity index (χ4n) is 5.80. The molecule has 7 heterocycles. The lowest BCUT2D eigenvalue weighted by Crippen LogP contribution is -2.68. The van der Waals surface area contributed by atoms with E-state index in [0.29, 0.717) is 52.7 Å². The van der Waals surface area contributed by atoms with E-state index in [9.17, 15) is 14.8 Å². The van der Waals surface area contributed by atoms with Crippen molar-refractivity contribution in [2.45, 2.75) is 32.0 Å². The van der Waals surface area contributed by atoms with E-state index in [1.165, 1.54) is 18.2 Å². The van der Waals surface area contributed by atoms with E-state index in [4.69, 9.17) is 9.40 Å². The molecule has 39 heavy (non-hydrogen) atoms. The van der Waals surface area contributed by atoms with Crippen molar-refractivity contribution in [3.63, 3.8) is 0 Å². The molecule has 3 fully saturated rings. The highest BCUT2D eigenvalue weighted by atomic mass is 19.1. The Morgan fingerprint density at radius 2 is 1.95 bits per heavy atom. The highest BCUT2D eigenvalue weighted by molar-refractivity contribution is 5.98. The first-order valence-electron chi connectivity index (χ1n) is 12.8. The molecule has 4 aromatic heterocycles. The second kappa shape index (κ2) is 8.92. The summed E-state index contributed by atoms with van der Waals surface area (Å²) in [5, 5.41) is 20.7. The van der Waals surface area contributed by atoms with Crippen LogP contribution in [0.5, 0.6) is 5.75 Å². The Balaban J connectivity index is 1.13. The summed E-state index contributed by atoms with van der Waals surface area (Å²) in [4.78, 5) is 21.3. The Bertz CT molecular complexity index is 1740. The molecule has 194 valence electrons. The maximum atomic E-state index is 13.7. The first-order valence-corrected chi connectivity index (χ1v) is 12.8. The van der Waals surface area contributed by atoms with Gasteiger partial charge in [0, 0.05) is 66.2 Å². The molecule has 10 heteroatoms. The standard InChI is InChI=1S/C29H24FN7O2/c1-16-10-34-29(39-16)24-8-23-27(19(9-31)12-33-28(23)35-24)17-2-5-26(32-11-17)36-14-21-7-22(15-36)37(21)13-18-6-20(30)3-4-25(18)38/h2-6,8,10-12,21-22,38H,7,13-15H2,1H3,(H,33,35). The van der Waals surface area contributed by atoms with Crippen molar-refractivity contribution in [2.24, 2.45) is 0 Å². The molecule has 8 rings (SSSR count). The van der Waals surface area contributed by atoms with Gasteiger partial charge < -0.3 is 19.4 Å². The number of piperidine rings is 1. The number of oxazole rings is 1. The number of aromatic nitrogens is 4. The van der Waals surface area contributed by atoms with Crippen LogP contribution in [-0.4, -0.2) is 55.1 Å². The molecule has 3 aliphatic rings. The summed E-state index contributed by atoms with van der Waals surface area (Å²) >= 11 is 0. The fourth-order valence-corrected chi connectivity index (χ4v) is 5.80. The van der Waals surface area contributed by atoms with Gasteiger partial charge in [0.05, 0.1) is 11.8 Å². The molecule has 3 aliphatic heterocycles. The van der Waals surface area contributed by atoms with Gasteiger partial charge >= 0.3 is 0 Å². The third kappa shape index (κ3) is 3.99. The molecule has 2 bridgehead atoms. The van der Waals surface area contributed by atoms with Gasteiger partial charge in [0.25, 0.3) is 0 Å². The topological polar surface area (TPSA) is 118 Å². The zero-order valence-electron chi connectivity index (χ0n) is 21.1. The summed E-state index contributed by atoms with van der Waals surface area (Å²) < 4.78 is 19.3. The zero-order valence-corrected chi connectivity index (χ0v) is 21.1. The molecule has 0 radical (unpaired) electrons. The third-order valence-electron chi connectivity index (χ3n) is 7.73. The fraction of sp³-hybridized carbons (Fsp3) is 0.241. The molecule has 3 saturated heterocycles. The summed E-state index contributed by atoms with van der Waals surface area (Å²) in [7, 11) is 0. The number of phenols is 1. The van der Waals surface area contributed by atoms with E-state index < -0.39 is 0 Å². The van der Waals surface area contributed by atoms with Crippen LogP contribution in [-0.2, 0) is 6.54 Å². The number of fused-ring (bicyclic) bond motifs is 3. The van der Waals surface area contributed by atoms with Gasteiger partial charge in [-0.15, -0.1) is 0 Å². The highest BCUT2D eigenvalue weighted by Gasteiger charge is 2.44. The Morgan fingerprint density at radius 1 is 1.10 bits per heavy atom. The molecule has 0 aliphatic carbocycles. The number of nitrogens with zero attached hydrogens (tertiary/aromatic N) is 6. The quantitative estimate of drug-likeness (QED) is 0.340. The van der Waals surface area contributed by atoms with Crippen molar-refractivity contribution < 1.29 is 13.9 Å². The Hall–Kier alpha value is -4.75. The third-order valence-corrected chi connectivity index (χ3v) is 7.73. The minimum atomic E-state index is -0.339. The van der Waals surface area contributed by atoms with Crippen LogP contribution in [0.3, 0.4) is 0 Å². The average Bonchev–Trinajstić information content (AvgIpc) is 3.59. The van der Waals surface area contributed by atoms with Gasteiger partial charge in [-0.2, -0.15) is 5.26 Å². The number of nitrogens with one attached hydrogen (secondary N) is 1. The molecule has 9 nitrogen and oxygen atoms in total. The largest absolute Gasteiger partial charge is 0.508 e. The van der Waals surface area contributed by atoms with Crippen LogP contribution in [0.25, 0.3) is 33.7 Å². The van der Waals surface area contributed by atoms with Crippen molar-refractivity contribution in [1.82, 2.24) is 24.8 Å². The maximum absolute atomic E-state index is 13.7. The molecule has 5 aromatic rings. The number of aromatic amines is 1. The van der Waals surface area contributed by atoms with Gasteiger partial charge in [0.2, 0.25) is 5.89 Å². The smallest absolute Gasteiger partial charge is 0.243 e. The van der Waals surface area contributed by atoms with E-state index in [0.717, 1.165) is 41.8 Å². The van der Waals surface area contributed by atoms with Crippen LogP contribution in [0.2, 0.25) is 0 Å². The Kier molecular flexibility index (Phi) is 5.35. The minimum Gasteiger partial charge on any atom is -0.508 e. The number of piperazine rings is 1. The molecule has 2 atom stereocenters. The lowest BCUT2D eigenvalue weighted by Gasteiger charge is -2.56. The van der Waals surface area contributed by atoms with Crippen LogP contribution in [0.4, 0.5) is 10.2 Å². The van der Waals surface area contributed by atoms with Crippen LogP contribution >= 0.6 is 0 Å². The van der Waals surface area contributed by atoms with Gasteiger partial charge in [0.1, 0.15) is 40.6 Å². The summed E-state index contributed by atoms with van der Waals surface area (Å²) in [6, 6.07) is 12.9. The molecular weight excluding hydrogens is 497 g/mol. The zero-order chi connectivity index (χ0) is 26.7. The summed E-state index contributed by atoms with van der Waals surface area (Å²) in [5.41, 5.74) is 3.98. The second-order valence-electron chi connectivity index (χ2n) is 10.2. The molecule has 0 amide bonds. The van der Waals surface area contributed by atoms with E-state index >= 15 is 0 Å². The predicted molar refractivity (Wildman–Crippen MR) is 142 cm³/mol. The van der Waals surface area contributed by atoms with E-state index in [1.807, 2.05) is 25.1 Å². The maximum Gasteiger partial charge on any atom is 0.243 e. The second-order valence-corrected chi connectivity index (χ2v) is 10.2. The van der Waals surface area contributed by atoms with Crippen molar-refractivity contribution in [1.29, 1.82) is 5.26 Å². The predicted octanol–water partition coefficient (Wildman–Crippen LogP) is 4.77. The number of phenolic OH excluding ortho intramolecular Hbond substituents is 1. The normalized spacial score (nSPS) is 18.7. The van der Waals surface area contributed by atoms with Crippen molar-refractivity contribution >= 4 is 16.9 Å². The molecule has 1 aromatic carbocycles. The Labute approximate surface area is 223 Å². The number of anilines is 1. The summed E-state index contributed by atoms with van der Waals surface area (Å²) in [6.45, 7) is 3.97. The van der Waals surface area contributed by atoms with Gasteiger partial charge in [-0.3, -0.25) is 4.90 Å². The minimum absolute atomic E-state index is 0.127. The monoisotopic (exact) mass is 521 g/mol. The molecule has 2 N–H and O–H groups in total. The number of aryl methyl sites for hydroxylation is 1. The van der Waals surface area contributed by atoms with E-state index in [2.05, 4.69) is 30.8 Å². The number of rotatable bonds is 5. The van der Waals surface area contributed by atoms with Crippen molar-refractivity contribution in [2.75, 3.05) is 18.0 Å².